The number of hydrogen-bond donors (Lipinski definition) is 4. The van der Waals surface area contributed by atoms with E-state index in [2.05, 4.69) is 4.74 Å². The van der Waals surface area contributed by atoms with Crippen LogP contribution in [-0.4, -0.2) is 70.1 Å². The van der Waals surface area contributed by atoms with Gasteiger partial charge in [0.25, 0.3) is 0 Å². The minimum Gasteiger partial charge on any atom is -0.390 e. The first-order chi connectivity index (χ1) is 7.32. The number of aliphatic hydroxyl groups is 4. The van der Waals surface area contributed by atoms with Crippen LogP contribution in [0.2, 0.25) is 0 Å². The van der Waals surface area contributed by atoms with Crippen LogP contribution in [0.4, 0.5) is 0 Å². The lowest BCUT2D eigenvalue weighted by Gasteiger charge is -2.17. The highest BCUT2D eigenvalue weighted by Crippen LogP contribution is 2.02. The molecule has 0 aromatic carbocycles. The number of ketones is 2. The third kappa shape index (κ3) is 3.95. The monoisotopic (exact) mass is 236 g/mol. The fraction of sp³-hybridized carbons (Fsp3) is 0.778. The zero-order chi connectivity index (χ0) is 12.9. The van der Waals surface area contributed by atoms with Crippen molar-refractivity contribution in [2.45, 2.75) is 31.3 Å². The fourth-order valence-electron chi connectivity index (χ4n) is 0.947. The Morgan fingerprint density at radius 3 is 1.88 bits per heavy atom. The molecule has 0 radical (unpaired) electrons. The van der Waals surface area contributed by atoms with Gasteiger partial charge in [-0.05, 0) is 6.92 Å². The van der Waals surface area contributed by atoms with Gasteiger partial charge in [0.1, 0.15) is 18.3 Å². The Morgan fingerprint density at radius 1 is 1.06 bits per heavy atom. The fourth-order valence-corrected chi connectivity index (χ4v) is 0.947. The van der Waals surface area contributed by atoms with E-state index in [-0.39, 0.29) is 6.61 Å². The maximum atomic E-state index is 11.2. The number of methoxy groups -OCH3 is 1. The first-order valence-corrected chi connectivity index (χ1v) is 4.62. The Kier molecular flexibility index (Phi) is 6.31. The largest absolute Gasteiger partial charge is 0.390 e. The average molecular weight is 236 g/mol. The van der Waals surface area contributed by atoms with Crippen LogP contribution in [0.25, 0.3) is 0 Å². The van der Waals surface area contributed by atoms with Crippen molar-refractivity contribution in [3.05, 3.63) is 0 Å². The number of Topliss-reactive ketones (excluding diaryl/α,β-unsaturated/α-hetero) is 2. The molecule has 4 N–H and O–H groups in total. The topological polar surface area (TPSA) is 124 Å². The average Bonchev–Trinajstić information content (AvgIpc) is 2.25. The quantitative estimate of drug-likeness (QED) is 0.353. The highest BCUT2D eigenvalue weighted by molar-refractivity contribution is 6.40. The predicted octanol–water partition coefficient (Wildman–Crippen LogP) is -2.77. The summed E-state index contributed by atoms with van der Waals surface area (Å²) >= 11 is 0. The molecule has 0 saturated carbocycles. The van der Waals surface area contributed by atoms with Crippen LogP contribution in [0.5, 0.6) is 0 Å². The van der Waals surface area contributed by atoms with Gasteiger partial charge < -0.3 is 25.2 Å². The number of rotatable bonds is 7. The predicted molar refractivity (Wildman–Crippen MR) is 51.6 cm³/mol. The van der Waals surface area contributed by atoms with Gasteiger partial charge in [0.15, 0.2) is 0 Å². The van der Waals surface area contributed by atoms with Gasteiger partial charge in [0.2, 0.25) is 11.6 Å². The highest BCUT2D eigenvalue weighted by atomic mass is 16.5. The molecular weight excluding hydrogens is 220 g/mol. The van der Waals surface area contributed by atoms with E-state index >= 15 is 0 Å². The van der Waals surface area contributed by atoms with Gasteiger partial charge in [-0.1, -0.05) is 0 Å². The Labute approximate surface area is 92.3 Å². The standard InChI is InChI=1S/C9H16O7/c1-4(10)6(12)8(14)9(15)7(13)5(11)3-16-2/h4-7,10-13H,3H2,1-2H3/t4?,5-,6?,7-/m1/s1. The Morgan fingerprint density at radius 2 is 1.50 bits per heavy atom. The summed E-state index contributed by atoms with van der Waals surface area (Å²) in [4.78, 5) is 22.4. The molecule has 0 spiro atoms. The van der Waals surface area contributed by atoms with Crippen molar-refractivity contribution in [1.29, 1.82) is 0 Å². The molecule has 7 heteroatoms. The van der Waals surface area contributed by atoms with Gasteiger partial charge >= 0.3 is 0 Å². The summed E-state index contributed by atoms with van der Waals surface area (Å²) < 4.78 is 4.48. The summed E-state index contributed by atoms with van der Waals surface area (Å²) in [7, 11) is 1.24. The van der Waals surface area contributed by atoms with Crippen LogP contribution in [0.1, 0.15) is 6.92 Å². The van der Waals surface area contributed by atoms with E-state index in [0.717, 1.165) is 6.92 Å². The zero-order valence-corrected chi connectivity index (χ0v) is 9.03. The molecule has 0 aromatic rings. The summed E-state index contributed by atoms with van der Waals surface area (Å²) in [5.41, 5.74) is 0. The Bertz CT molecular complexity index is 250. The summed E-state index contributed by atoms with van der Waals surface area (Å²) in [6.45, 7) is 0.790. The van der Waals surface area contributed by atoms with Crippen LogP contribution >= 0.6 is 0 Å². The van der Waals surface area contributed by atoms with Crippen molar-refractivity contribution < 1.29 is 34.8 Å². The molecule has 0 aliphatic carbocycles. The molecule has 0 saturated heterocycles. The van der Waals surface area contributed by atoms with Crippen LogP contribution in [0.15, 0.2) is 0 Å². The van der Waals surface area contributed by atoms with Gasteiger partial charge in [0, 0.05) is 7.11 Å². The van der Waals surface area contributed by atoms with Crippen molar-refractivity contribution in [3.8, 4) is 0 Å². The summed E-state index contributed by atoms with van der Waals surface area (Å²) in [6.07, 6.45) is -6.86. The number of aliphatic hydroxyl groups excluding tert-OH is 4. The number of hydrogen-bond acceptors (Lipinski definition) is 7. The van der Waals surface area contributed by atoms with Gasteiger partial charge in [-0.25, -0.2) is 0 Å². The molecule has 2 unspecified atom stereocenters. The van der Waals surface area contributed by atoms with Crippen LogP contribution in [-0.2, 0) is 14.3 Å². The van der Waals surface area contributed by atoms with Gasteiger partial charge in [-0.2, -0.15) is 0 Å². The molecule has 94 valence electrons. The lowest BCUT2D eigenvalue weighted by Crippen LogP contribution is -2.46. The molecule has 0 rings (SSSR count). The lowest BCUT2D eigenvalue weighted by atomic mass is 10.0. The minimum atomic E-state index is -1.97. The van der Waals surface area contributed by atoms with Crippen molar-refractivity contribution in [1.82, 2.24) is 0 Å². The normalized spacial score (nSPS) is 18.6. The summed E-state index contributed by atoms with van der Waals surface area (Å²) in [5.74, 6) is -2.71. The van der Waals surface area contributed by atoms with E-state index in [0.29, 0.717) is 0 Å². The second-order valence-electron chi connectivity index (χ2n) is 3.38. The second kappa shape index (κ2) is 6.66. The number of carbonyl (C=O) groups is 2. The molecule has 16 heavy (non-hydrogen) atoms. The highest BCUT2D eigenvalue weighted by Gasteiger charge is 2.34. The summed E-state index contributed by atoms with van der Waals surface area (Å²) in [6, 6.07) is 0. The van der Waals surface area contributed by atoms with Crippen LogP contribution in [0.3, 0.4) is 0 Å². The molecule has 0 heterocycles. The van der Waals surface area contributed by atoms with Crippen LogP contribution in [0, 0.1) is 0 Å². The molecule has 0 bridgehead atoms. The third-order valence-electron chi connectivity index (χ3n) is 1.94. The molecule has 7 nitrogen and oxygen atoms in total. The maximum Gasteiger partial charge on any atom is 0.232 e. The maximum absolute atomic E-state index is 11.2. The van der Waals surface area contributed by atoms with E-state index in [1.807, 2.05) is 0 Å². The summed E-state index contributed by atoms with van der Waals surface area (Å²) in [5, 5.41) is 36.3. The smallest absolute Gasteiger partial charge is 0.232 e. The minimum absolute atomic E-state index is 0.328. The van der Waals surface area contributed by atoms with Crippen molar-refractivity contribution >= 4 is 11.6 Å². The SMILES string of the molecule is COC[C@@H](O)[C@@H](O)C(=O)C(=O)C(O)C(C)O. The van der Waals surface area contributed by atoms with Crippen molar-refractivity contribution in [3.63, 3.8) is 0 Å². The van der Waals surface area contributed by atoms with E-state index in [4.69, 9.17) is 15.3 Å². The Hall–Kier alpha value is -0.860. The molecule has 0 amide bonds. The lowest BCUT2D eigenvalue weighted by molar-refractivity contribution is -0.153. The second-order valence-corrected chi connectivity index (χ2v) is 3.38. The van der Waals surface area contributed by atoms with E-state index in [1.54, 1.807) is 0 Å². The first-order valence-electron chi connectivity index (χ1n) is 4.62. The molecule has 0 fully saturated rings. The third-order valence-corrected chi connectivity index (χ3v) is 1.94. The Balaban J connectivity index is 4.49. The zero-order valence-electron chi connectivity index (χ0n) is 9.03. The van der Waals surface area contributed by atoms with E-state index in [1.165, 1.54) is 7.11 Å². The molecule has 4 atom stereocenters. The van der Waals surface area contributed by atoms with E-state index in [9.17, 15) is 14.7 Å². The van der Waals surface area contributed by atoms with E-state index < -0.39 is 36.0 Å². The van der Waals surface area contributed by atoms with Gasteiger partial charge in [0.05, 0.1) is 12.7 Å². The molecular formula is C9H16O7. The molecule has 0 aliphatic heterocycles. The van der Waals surface area contributed by atoms with Crippen molar-refractivity contribution in [2.24, 2.45) is 0 Å². The van der Waals surface area contributed by atoms with Crippen molar-refractivity contribution in [2.75, 3.05) is 13.7 Å². The van der Waals surface area contributed by atoms with Crippen LogP contribution < -0.4 is 0 Å². The first kappa shape index (κ1) is 15.1. The van der Waals surface area contributed by atoms with Gasteiger partial charge in [-0.15, -0.1) is 0 Å². The number of ether oxygens (including phenoxy) is 1. The molecule has 0 aliphatic rings. The molecule has 0 aromatic heterocycles. The number of carbonyl (C=O) groups excluding carboxylic acids is 2. The van der Waals surface area contributed by atoms with Gasteiger partial charge in [-0.3, -0.25) is 9.59 Å².